The first-order valence-electron chi connectivity index (χ1n) is 15.2. The first-order chi connectivity index (χ1) is 21.4. The molecular formula is C32H49N9O4. The van der Waals surface area contributed by atoms with Gasteiger partial charge in [0.2, 0.25) is 23.6 Å². The Morgan fingerprint density at radius 1 is 0.756 bits per heavy atom. The molecule has 0 radical (unpaired) electrons. The normalized spacial score (nSPS) is 13.5. The zero-order valence-electron chi connectivity index (χ0n) is 26.3. The molecule has 0 aliphatic carbocycles. The van der Waals surface area contributed by atoms with Gasteiger partial charge >= 0.3 is 0 Å². The molecule has 246 valence electrons. The van der Waals surface area contributed by atoms with Crippen LogP contribution in [0.5, 0.6) is 0 Å². The number of rotatable bonds is 19. The van der Waals surface area contributed by atoms with Gasteiger partial charge in [-0.15, -0.1) is 0 Å². The fourth-order valence-corrected chi connectivity index (χ4v) is 4.84. The van der Waals surface area contributed by atoms with Crippen LogP contribution in [0.3, 0.4) is 0 Å². The molecule has 4 amide bonds. The van der Waals surface area contributed by atoms with Crippen molar-refractivity contribution in [3.8, 4) is 0 Å². The number of carbonyl (C=O) groups excluding carboxylic acids is 4. The summed E-state index contributed by atoms with van der Waals surface area (Å²) in [4.78, 5) is 56.5. The fourth-order valence-electron chi connectivity index (χ4n) is 4.84. The highest BCUT2D eigenvalue weighted by Gasteiger charge is 2.30. The molecule has 0 fully saturated rings. The predicted molar refractivity (Wildman–Crippen MR) is 176 cm³/mol. The molecule has 13 heteroatoms. The molecule has 0 saturated carbocycles. The summed E-state index contributed by atoms with van der Waals surface area (Å²) < 4.78 is 0. The lowest BCUT2D eigenvalue weighted by Gasteiger charge is -2.26. The summed E-state index contributed by atoms with van der Waals surface area (Å²) in [5.74, 6) is -2.47. The summed E-state index contributed by atoms with van der Waals surface area (Å²) in [6.07, 6.45) is 2.51. The first kappa shape index (κ1) is 36.7. The van der Waals surface area contributed by atoms with Crippen molar-refractivity contribution in [3.05, 3.63) is 70.8 Å². The second kappa shape index (κ2) is 19.0. The Labute approximate surface area is 265 Å². The number of unbranched alkanes of at least 4 members (excludes halogenated alkanes) is 1. The Balaban J connectivity index is 2.29. The maximum absolute atomic E-state index is 13.7. The van der Waals surface area contributed by atoms with E-state index in [1.54, 1.807) is 0 Å². The SMILES string of the molecule is Cc1ccc(C[C@H](NC(=O)[C@@H](CCCN=C(N)N)NC(=O)[C@@H](N)Cc2ccccc2)C(=O)N[C@@H](CCCCN)C(N)=O)c(C)c1. The molecule has 0 heterocycles. The topological polar surface area (TPSA) is 247 Å². The molecule has 4 atom stereocenters. The third kappa shape index (κ3) is 13.4. The van der Waals surface area contributed by atoms with Gasteiger partial charge in [0.05, 0.1) is 6.04 Å². The molecule has 2 aromatic carbocycles. The van der Waals surface area contributed by atoms with E-state index >= 15 is 0 Å². The van der Waals surface area contributed by atoms with E-state index in [0.717, 1.165) is 22.3 Å². The van der Waals surface area contributed by atoms with Crippen LogP contribution in [0.15, 0.2) is 53.5 Å². The maximum Gasteiger partial charge on any atom is 0.243 e. The van der Waals surface area contributed by atoms with E-state index in [0.29, 0.717) is 32.2 Å². The smallest absolute Gasteiger partial charge is 0.243 e. The van der Waals surface area contributed by atoms with Crippen LogP contribution in [0, 0.1) is 13.8 Å². The Morgan fingerprint density at radius 3 is 2.00 bits per heavy atom. The molecular weight excluding hydrogens is 574 g/mol. The Bertz CT molecular complexity index is 1300. The van der Waals surface area contributed by atoms with Crippen LogP contribution in [0.25, 0.3) is 0 Å². The van der Waals surface area contributed by atoms with Crippen molar-refractivity contribution in [1.82, 2.24) is 16.0 Å². The van der Waals surface area contributed by atoms with Gasteiger partial charge in [0.15, 0.2) is 5.96 Å². The largest absolute Gasteiger partial charge is 0.370 e. The van der Waals surface area contributed by atoms with Crippen LogP contribution in [-0.4, -0.2) is 66.8 Å². The van der Waals surface area contributed by atoms with E-state index in [1.165, 1.54) is 0 Å². The molecule has 0 saturated heterocycles. The van der Waals surface area contributed by atoms with Crippen molar-refractivity contribution in [2.24, 2.45) is 33.7 Å². The van der Waals surface area contributed by atoms with Crippen LogP contribution in [0.2, 0.25) is 0 Å². The average Bonchev–Trinajstić information content (AvgIpc) is 2.99. The number of hydrogen-bond acceptors (Lipinski definition) is 7. The van der Waals surface area contributed by atoms with E-state index in [-0.39, 0.29) is 31.8 Å². The van der Waals surface area contributed by atoms with Crippen molar-refractivity contribution in [1.29, 1.82) is 0 Å². The van der Waals surface area contributed by atoms with Gasteiger partial charge in [-0.3, -0.25) is 24.2 Å². The van der Waals surface area contributed by atoms with Crippen molar-refractivity contribution in [2.75, 3.05) is 13.1 Å². The highest BCUT2D eigenvalue weighted by Crippen LogP contribution is 2.14. The van der Waals surface area contributed by atoms with Crippen LogP contribution in [-0.2, 0) is 32.0 Å². The van der Waals surface area contributed by atoms with E-state index in [9.17, 15) is 19.2 Å². The summed E-state index contributed by atoms with van der Waals surface area (Å²) in [5, 5.41) is 8.24. The van der Waals surface area contributed by atoms with Crippen LogP contribution in [0.4, 0.5) is 0 Å². The number of nitrogens with two attached hydrogens (primary N) is 5. The average molecular weight is 624 g/mol. The van der Waals surface area contributed by atoms with Gasteiger partial charge in [0.25, 0.3) is 0 Å². The number of nitrogens with one attached hydrogen (secondary N) is 3. The molecule has 0 aliphatic rings. The second-order valence-corrected chi connectivity index (χ2v) is 11.2. The highest BCUT2D eigenvalue weighted by atomic mass is 16.2. The molecule has 2 aromatic rings. The molecule has 0 spiro atoms. The van der Waals surface area contributed by atoms with Gasteiger partial charge in [-0.1, -0.05) is 54.1 Å². The Kier molecular flexibility index (Phi) is 15.5. The number of benzene rings is 2. The van der Waals surface area contributed by atoms with Crippen molar-refractivity contribution in [2.45, 2.75) is 83.0 Å². The number of amides is 4. The molecule has 0 bridgehead atoms. The number of hydrogen-bond donors (Lipinski definition) is 8. The van der Waals surface area contributed by atoms with Gasteiger partial charge < -0.3 is 44.6 Å². The first-order valence-corrected chi connectivity index (χ1v) is 15.2. The number of primary amides is 1. The van der Waals surface area contributed by atoms with Crippen molar-refractivity contribution < 1.29 is 19.2 Å². The zero-order chi connectivity index (χ0) is 33.4. The predicted octanol–water partition coefficient (Wildman–Crippen LogP) is -0.462. The third-order valence-corrected chi connectivity index (χ3v) is 7.38. The van der Waals surface area contributed by atoms with Crippen LogP contribution < -0.4 is 44.6 Å². The lowest BCUT2D eigenvalue weighted by Crippen LogP contribution is -2.58. The molecule has 13 nitrogen and oxygen atoms in total. The third-order valence-electron chi connectivity index (χ3n) is 7.38. The summed E-state index contributed by atoms with van der Waals surface area (Å²) in [6.45, 7) is 4.54. The molecule has 0 unspecified atom stereocenters. The van der Waals surface area contributed by atoms with Gasteiger partial charge in [0.1, 0.15) is 18.1 Å². The van der Waals surface area contributed by atoms with E-state index in [1.807, 2.05) is 62.4 Å². The molecule has 0 aromatic heterocycles. The van der Waals surface area contributed by atoms with Gasteiger partial charge in [-0.25, -0.2) is 0 Å². The van der Waals surface area contributed by atoms with Crippen LogP contribution in [0.1, 0.15) is 54.4 Å². The lowest BCUT2D eigenvalue weighted by molar-refractivity contribution is -0.133. The summed E-state index contributed by atoms with van der Waals surface area (Å²) >= 11 is 0. The fraction of sp³-hybridized carbons (Fsp3) is 0.469. The van der Waals surface area contributed by atoms with Gasteiger partial charge in [-0.05, 0) is 75.6 Å². The molecule has 0 aliphatic heterocycles. The minimum Gasteiger partial charge on any atom is -0.370 e. The molecule has 45 heavy (non-hydrogen) atoms. The standard InChI is InChI=1S/C32H49N9O4/c1-20-13-14-23(21(2)17-20)19-27(31(45)39-25(28(35)42)11-6-7-15-33)41-30(44)26(12-8-16-38-32(36)37)40-29(43)24(34)18-22-9-4-3-5-10-22/h3-5,9-10,13-14,17,24-27H,6-8,11-12,15-16,18-19,33-34H2,1-2H3,(H2,35,42)(H,39,45)(H,40,43)(H,41,44)(H4,36,37,38)/t24-,25-,26+,27-/m0/s1. The Hall–Kier alpha value is -4.49. The maximum atomic E-state index is 13.7. The monoisotopic (exact) mass is 623 g/mol. The quantitative estimate of drug-likeness (QED) is 0.0576. The Morgan fingerprint density at radius 2 is 1.38 bits per heavy atom. The zero-order valence-corrected chi connectivity index (χ0v) is 26.3. The van der Waals surface area contributed by atoms with E-state index in [2.05, 4.69) is 20.9 Å². The number of aliphatic imine (C=N–C) groups is 1. The van der Waals surface area contributed by atoms with Gasteiger partial charge in [-0.2, -0.15) is 0 Å². The minimum absolute atomic E-state index is 0.0920. The summed E-state index contributed by atoms with van der Waals surface area (Å²) in [5.41, 5.74) is 31.9. The summed E-state index contributed by atoms with van der Waals surface area (Å²) in [6, 6.07) is 11.1. The number of aryl methyl sites for hydroxylation is 2. The van der Waals surface area contributed by atoms with Gasteiger partial charge in [0, 0.05) is 13.0 Å². The molecule has 2 rings (SSSR count). The van der Waals surface area contributed by atoms with Crippen molar-refractivity contribution >= 4 is 29.6 Å². The molecule has 13 N–H and O–H groups in total. The van der Waals surface area contributed by atoms with E-state index in [4.69, 9.17) is 28.7 Å². The minimum atomic E-state index is -1.08. The number of carbonyl (C=O) groups is 4. The lowest BCUT2D eigenvalue weighted by atomic mass is 9.97. The van der Waals surface area contributed by atoms with Crippen molar-refractivity contribution in [3.63, 3.8) is 0 Å². The summed E-state index contributed by atoms with van der Waals surface area (Å²) in [7, 11) is 0. The second-order valence-electron chi connectivity index (χ2n) is 11.2. The highest BCUT2D eigenvalue weighted by molar-refractivity contribution is 5.94. The number of guanidine groups is 1. The van der Waals surface area contributed by atoms with Crippen LogP contribution >= 0.6 is 0 Å². The number of nitrogens with zero attached hydrogens (tertiary/aromatic N) is 1. The van der Waals surface area contributed by atoms with E-state index < -0.39 is 47.8 Å².